The van der Waals surface area contributed by atoms with Gasteiger partial charge in [-0.2, -0.15) is 0 Å². The second-order valence-electron chi connectivity index (χ2n) is 8.74. The third-order valence-corrected chi connectivity index (χ3v) is 7.26. The van der Waals surface area contributed by atoms with E-state index in [0.29, 0.717) is 22.3 Å². The van der Waals surface area contributed by atoms with Gasteiger partial charge in [0, 0.05) is 17.2 Å². The van der Waals surface area contributed by atoms with Crippen molar-refractivity contribution < 1.29 is 14.4 Å². The van der Waals surface area contributed by atoms with Crippen LogP contribution in [0, 0.1) is 0 Å². The lowest BCUT2D eigenvalue weighted by Gasteiger charge is -2.25. The van der Waals surface area contributed by atoms with E-state index in [1.54, 1.807) is 12.1 Å². The van der Waals surface area contributed by atoms with Crippen LogP contribution < -0.4 is 5.32 Å². The predicted octanol–water partition coefficient (Wildman–Crippen LogP) is 4.10. The number of nitrogens with one attached hydrogen (secondary N) is 1. The first-order valence-corrected chi connectivity index (χ1v) is 12.7. The third kappa shape index (κ3) is 4.68. The second kappa shape index (κ2) is 9.93. The molecule has 2 amide bonds. The van der Waals surface area contributed by atoms with Crippen molar-refractivity contribution in [3.63, 3.8) is 0 Å². The highest BCUT2D eigenvalue weighted by atomic mass is 32.2. The fraction of sp³-hybridized carbons (Fsp3) is 0.346. The van der Waals surface area contributed by atoms with Gasteiger partial charge in [0.25, 0.3) is 5.91 Å². The normalized spacial score (nSPS) is 19.7. The lowest BCUT2D eigenvalue weighted by atomic mass is 9.95. The summed E-state index contributed by atoms with van der Waals surface area (Å²) in [6.07, 6.45) is 5.45. The number of carbonyl (C=O) groups is 3. The fourth-order valence-electron chi connectivity index (χ4n) is 4.58. The van der Waals surface area contributed by atoms with E-state index >= 15 is 0 Å². The van der Waals surface area contributed by atoms with Crippen LogP contribution in [0.5, 0.6) is 0 Å². The number of ketones is 1. The van der Waals surface area contributed by atoms with Crippen LogP contribution in [0.25, 0.3) is 0 Å². The summed E-state index contributed by atoms with van der Waals surface area (Å²) in [7, 11) is 0. The van der Waals surface area contributed by atoms with Crippen LogP contribution in [0.2, 0.25) is 0 Å². The minimum absolute atomic E-state index is 0.0123. The van der Waals surface area contributed by atoms with E-state index in [1.807, 2.05) is 42.5 Å². The fourth-order valence-corrected chi connectivity index (χ4v) is 5.47. The Morgan fingerprint density at radius 1 is 1.00 bits per heavy atom. The molecule has 1 saturated carbocycles. The Kier molecular flexibility index (Phi) is 6.58. The molecule has 0 saturated heterocycles. The number of benzene rings is 2. The number of para-hydroxylation sites is 1. The van der Waals surface area contributed by atoms with Crippen molar-refractivity contribution in [1.29, 1.82) is 0 Å². The lowest BCUT2D eigenvalue weighted by Crippen LogP contribution is -2.43. The van der Waals surface area contributed by atoms with Crippen LogP contribution in [-0.4, -0.2) is 51.3 Å². The summed E-state index contributed by atoms with van der Waals surface area (Å²) in [5.74, 6) is 0.186. The zero-order valence-corrected chi connectivity index (χ0v) is 19.6. The molecule has 1 aliphatic carbocycles. The lowest BCUT2D eigenvalue weighted by molar-refractivity contribution is -0.129. The SMILES string of the molecule is O=C(C[C@H]1N=C2c3ccccc3N=C(SCC(=O)c3ccccc3)N2C1=O)NC1CCCCC1. The van der Waals surface area contributed by atoms with E-state index in [1.165, 1.54) is 23.1 Å². The zero-order valence-electron chi connectivity index (χ0n) is 18.8. The maximum atomic E-state index is 13.4. The first kappa shape index (κ1) is 22.5. The molecule has 0 bridgehead atoms. The maximum Gasteiger partial charge on any atom is 0.259 e. The first-order valence-electron chi connectivity index (χ1n) is 11.7. The molecule has 0 unspecified atom stereocenters. The van der Waals surface area contributed by atoms with Crippen molar-refractivity contribution in [1.82, 2.24) is 10.2 Å². The Morgan fingerprint density at radius 2 is 1.74 bits per heavy atom. The number of fused-ring (bicyclic) bond motifs is 3. The highest BCUT2D eigenvalue weighted by Gasteiger charge is 2.42. The van der Waals surface area contributed by atoms with Gasteiger partial charge in [0.1, 0.15) is 11.9 Å². The minimum Gasteiger partial charge on any atom is -0.353 e. The van der Waals surface area contributed by atoms with Gasteiger partial charge in [-0.1, -0.05) is 73.5 Å². The molecule has 0 radical (unpaired) electrons. The molecule has 174 valence electrons. The smallest absolute Gasteiger partial charge is 0.259 e. The number of thioether (sulfide) groups is 1. The molecule has 0 aromatic heterocycles. The number of amides is 2. The van der Waals surface area contributed by atoms with E-state index in [4.69, 9.17) is 0 Å². The topological polar surface area (TPSA) is 91.2 Å². The van der Waals surface area contributed by atoms with Gasteiger partial charge < -0.3 is 5.32 Å². The van der Waals surface area contributed by atoms with Crippen molar-refractivity contribution >= 4 is 46.1 Å². The van der Waals surface area contributed by atoms with Crippen molar-refractivity contribution in [2.75, 3.05) is 5.75 Å². The van der Waals surface area contributed by atoms with Crippen molar-refractivity contribution in [2.24, 2.45) is 9.98 Å². The summed E-state index contributed by atoms with van der Waals surface area (Å²) in [6, 6.07) is 15.9. The molecule has 3 aliphatic rings. The summed E-state index contributed by atoms with van der Waals surface area (Å²) in [4.78, 5) is 49.5. The molecule has 34 heavy (non-hydrogen) atoms. The maximum absolute atomic E-state index is 13.4. The largest absolute Gasteiger partial charge is 0.353 e. The number of rotatable bonds is 6. The van der Waals surface area contributed by atoms with Gasteiger partial charge >= 0.3 is 0 Å². The van der Waals surface area contributed by atoms with Gasteiger partial charge in [-0.15, -0.1) is 0 Å². The van der Waals surface area contributed by atoms with E-state index in [2.05, 4.69) is 15.3 Å². The van der Waals surface area contributed by atoms with Gasteiger partial charge in [-0.25, -0.2) is 9.89 Å². The quantitative estimate of drug-likeness (QED) is 0.638. The van der Waals surface area contributed by atoms with Crippen molar-refractivity contribution in [2.45, 2.75) is 50.6 Å². The molecular formula is C26H26N4O3S. The summed E-state index contributed by atoms with van der Waals surface area (Å²) in [6.45, 7) is 0. The van der Waals surface area contributed by atoms with Crippen LogP contribution in [0.4, 0.5) is 5.69 Å². The summed E-state index contributed by atoms with van der Waals surface area (Å²) < 4.78 is 0. The van der Waals surface area contributed by atoms with Gasteiger partial charge in [0.05, 0.1) is 17.9 Å². The molecule has 8 heteroatoms. The molecule has 0 spiro atoms. The van der Waals surface area contributed by atoms with Crippen molar-refractivity contribution in [3.05, 3.63) is 65.7 Å². The molecule has 1 fully saturated rings. The van der Waals surface area contributed by atoms with Gasteiger partial charge in [0.15, 0.2) is 11.0 Å². The highest BCUT2D eigenvalue weighted by molar-refractivity contribution is 8.14. The number of aliphatic imine (C=N–C) groups is 2. The molecule has 5 rings (SSSR count). The summed E-state index contributed by atoms with van der Waals surface area (Å²) >= 11 is 1.22. The van der Waals surface area contributed by atoms with E-state index in [0.717, 1.165) is 31.2 Å². The Balaban J connectivity index is 1.33. The van der Waals surface area contributed by atoms with Gasteiger partial charge in [-0.05, 0) is 25.0 Å². The number of nitrogens with zero attached hydrogens (tertiary/aromatic N) is 3. The summed E-state index contributed by atoms with van der Waals surface area (Å²) in [5, 5.41) is 3.50. The number of amidine groups is 2. The summed E-state index contributed by atoms with van der Waals surface area (Å²) in [5.41, 5.74) is 2.07. The number of carbonyl (C=O) groups excluding carboxylic acids is 3. The predicted molar refractivity (Wildman–Crippen MR) is 134 cm³/mol. The molecule has 1 N–H and O–H groups in total. The number of hydrogen-bond donors (Lipinski definition) is 1. The van der Waals surface area contributed by atoms with Crippen molar-refractivity contribution in [3.8, 4) is 0 Å². The monoisotopic (exact) mass is 474 g/mol. The van der Waals surface area contributed by atoms with Crippen LogP contribution in [0.3, 0.4) is 0 Å². The average molecular weight is 475 g/mol. The minimum atomic E-state index is -0.791. The molecule has 2 aromatic carbocycles. The van der Waals surface area contributed by atoms with Crippen LogP contribution in [-0.2, 0) is 9.59 Å². The third-order valence-electron chi connectivity index (χ3n) is 6.32. The van der Waals surface area contributed by atoms with E-state index < -0.39 is 6.04 Å². The Labute approximate surface area is 202 Å². The standard InChI is InChI=1S/C26H26N4O3S/c31-22(17-9-3-1-4-10-17)16-34-26-29-20-14-8-7-13-19(20)24-28-21(25(33)30(24)26)15-23(32)27-18-11-5-2-6-12-18/h1,3-4,7-10,13-14,18,21H,2,5-6,11-12,15-16H2,(H,27,32)/t21-/m1/s1. The Bertz CT molecular complexity index is 1170. The molecule has 2 heterocycles. The number of Topliss-reactive ketones (excluding diaryl/α,β-unsaturated/α-hetero) is 1. The average Bonchev–Trinajstić information content (AvgIpc) is 3.19. The van der Waals surface area contributed by atoms with Gasteiger partial charge in [-0.3, -0.25) is 19.4 Å². The van der Waals surface area contributed by atoms with E-state index in [9.17, 15) is 14.4 Å². The molecule has 7 nitrogen and oxygen atoms in total. The van der Waals surface area contributed by atoms with Gasteiger partial charge in [0.2, 0.25) is 5.91 Å². The second-order valence-corrected chi connectivity index (χ2v) is 9.68. The Hall–Kier alpha value is -3.26. The van der Waals surface area contributed by atoms with E-state index in [-0.39, 0.29) is 35.8 Å². The molecular weight excluding hydrogens is 448 g/mol. The van der Waals surface area contributed by atoms with Crippen LogP contribution >= 0.6 is 11.8 Å². The Morgan fingerprint density at radius 3 is 2.53 bits per heavy atom. The molecule has 2 aromatic rings. The van der Waals surface area contributed by atoms with Crippen LogP contribution in [0.15, 0.2) is 64.6 Å². The zero-order chi connectivity index (χ0) is 23.5. The number of hydrogen-bond acceptors (Lipinski definition) is 6. The highest BCUT2D eigenvalue weighted by Crippen LogP contribution is 2.34. The first-order chi connectivity index (χ1) is 16.6. The molecule has 1 atom stereocenters. The van der Waals surface area contributed by atoms with Crippen LogP contribution in [0.1, 0.15) is 54.4 Å². The molecule has 2 aliphatic heterocycles.